The van der Waals surface area contributed by atoms with Crippen LogP contribution in [-0.2, 0) is 14.3 Å². The highest BCUT2D eigenvalue weighted by molar-refractivity contribution is 5.85. The molecule has 0 aromatic heterocycles. The number of benzene rings is 1. The summed E-state index contributed by atoms with van der Waals surface area (Å²) in [5, 5.41) is 12.4. The highest BCUT2D eigenvalue weighted by Gasteiger charge is 2.44. The second kappa shape index (κ2) is 7.79. The van der Waals surface area contributed by atoms with Crippen molar-refractivity contribution in [2.24, 2.45) is 5.41 Å². The first kappa shape index (κ1) is 18.5. The van der Waals surface area contributed by atoms with Gasteiger partial charge in [0.2, 0.25) is 5.91 Å². The lowest BCUT2D eigenvalue weighted by atomic mass is 9.83. The van der Waals surface area contributed by atoms with Gasteiger partial charge in [0, 0.05) is 13.0 Å². The van der Waals surface area contributed by atoms with Gasteiger partial charge in [-0.1, -0.05) is 45.0 Å². The van der Waals surface area contributed by atoms with Crippen molar-refractivity contribution in [1.82, 2.24) is 5.32 Å². The lowest BCUT2D eigenvalue weighted by Crippen LogP contribution is -2.39. The molecule has 24 heavy (non-hydrogen) atoms. The zero-order chi connectivity index (χ0) is 17.7. The Labute approximate surface area is 143 Å². The van der Waals surface area contributed by atoms with Gasteiger partial charge in [0.25, 0.3) is 0 Å². The number of carbonyl (C=O) groups is 2. The summed E-state index contributed by atoms with van der Waals surface area (Å²) in [6.07, 6.45) is 1.10. The third kappa shape index (κ3) is 4.15. The van der Waals surface area contributed by atoms with Gasteiger partial charge in [-0.3, -0.25) is 9.59 Å². The molecule has 1 aliphatic rings. The van der Waals surface area contributed by atoms with Crippen molar-refractivity contribution in [3.63, 3.8) is 0 Å². The molecule has 2 rings (SSSR count). The molecule has 1 amide bonds. The van der Waals surface area contributed by atoms with Crippen LogP contribution in [0.15, 0.2) is 24.3 Å². The first-order valence-electron chi connectivity index (χ1n) is 8.58. The quantitative estimate of drug-likeness (QED) is 0.803. The number of rotatable bonds is 7. The van der Waals surface area contributed by atoms with Crippen molar-refractivity contribution < 1.29 is 19.4 Å². The number of aliphatic carboxylic acids is 1. The maximum atomic E-state index is 12.4. The molecular weight excluding hydrogens is 306 g/mol. The molecule has 1 aliphatic heterocycles. The minimum atomic E-state index is -1.08. The Balaban J connectivity index is 2.04. The Morgan fingerprint density at radius 1 is 1.25 bits per heavy atom. The van der Waals surface area contributed by atoms with Gasteiger partial charge in [-0.05, 0) is 29.9 Å². The molecule has 1 aromatic rings. The summed E-state index contributed by atoms with van der Waals surface area (Å²) in [4.78, 5) is 23.9. The van der Waals surface area contributed by atoms with E-state index in [1.165, 1.54) is 5.56 Å². The number of hydrogen-bond acceptors (Lipinski definition) is 3. The van der Waals surface area contributed by atoms with E-state index in [-0.39, 0.29) is 25.0 Å². The molecule has 5 heteroatoms. The number of carbonyl (C=O) groups excluding carboxylic acids is 1. The Morgan fingerprint density at radius 2 is 1.88 bits per heavy atom. The van der Waals surface area contributed by atoms with E-state index in [0.29, 0.717) is 18.9 Å². The summed E-state index contributed by atoms with van der Waals surface area (Å²) in [6, 6.07) is 8.13. The lowest BCUT2D eigenvalue weighted by molar-refractivity contribution is -0.151. The normalized spacial score (nSPS) is 21.7. The second-order valence-electron chi connectivity index (χ2n) is 6.91. The molecule has 2 unspecified atom stereocenters. The van der Waals surface area contributed by atoms with Crippen LogP contribution in [0.5, 0.6) is 0 Å². The molecule has 2 atom stereocenters. The fraction of sp³-hybridized carbons (Fsp3) is 0.579. The summed E-state index contributed by atoms with van der Waals surface area (Å²) >= 11 is 0. The third-order valence-electron chi connectivity index (χ3n) is 4.80. The maximum Gasteiger partial charge on any atom is 0.312 e. The number of ether oxygens (including phenoxy) is 1. The molecule has 0 aliphatic carbocycles. The number of nitrogens with one attached hydrogen (secondary N) is 1. The van der Waals surface area contributed by atoms with Crippen molar-refractivity contribution in [2.45, 2.75) is 52.0 Å². The van der Waals surface area contributed by atoms with E-state index in [9.17, 15) is 14.7 Å². The molecule has 0 radical (unpaired) electrons. The molecule has 1 heterocycles. The van der Waals surface area contributed by atoms with E-state index in [1.54, 1.807) is 0 Å². The Morgan fingerprint density at radius 3 is 2.33 bits per heavy atom. The van der Waals surface area contributed by atoms with Crippen LogP contribution in [0.25, 0.3) is 0 Å². The molecule has 1 saturated heterocycles. The minimum absolute atomic E-state index is 0.0388. The zero-order valence-corrected chi connectivity index (χ0v) is 14.7. The predicted octanol–water partition coefficient (Wildman–Crippen LogP) is 3.26. The summed E-state index contributed by atoms with van der Waals surface area (Å²) in [6.45, 7) is 6.79. The smallest absolute Gasteiger partial charge is 0.312 e. The third-order valence-corrected chi connectivity index (χ3v) is 4.80. The molecular formula is C19H27NO4. The van der Waals surface area contributed by atoms with Crippen molar-refractivity contribution >= 4 is 11.9 Å². The number of carboxylic acids is 1. The lowest BCUT2D eigenvalue weighted by Gasteiger charge is -2.24. The molecule has 1 fully saturated rings. The van der Waals surface area contributed by atoms with E-state index in [1.807, 2.05) is 19.1 Å². The van der Waals surface area contributed by atoms with Gasteiger partial charge >= 0.3 is 5.97 Å². The second-order valence-corrected chi connectivity index (χ2v) is 6.91. The Bertz CT molecular complexity index is 574. The van der Waals surface area contributed by atoms with E-state index in [2.05, 4.69) is 31.3 Å². The van der Waals surface area contributed by atoms with Gasteiger partial charge in [-0.25, -0.2) is 0 Å². The minimum Gasteiger partial charge on any atom is -0.481 e. The number of amides is 1. The summed E-state index contributed by atoms with van der Waals surface area (Å²) < 4.78 is 5.21. The Kier molecular flexibility index (Phi) is 5.99. The van der Waals surface area contributed by atoms with Crippen molar-refractivity contribution in [3.05, 3.63) is 35.4 Å². The van der Waals surface area contributed by atoms with Gasteiger partial charge in [0.15, 0.2) is 0 Å². The Hall–Kier alpha value is -1.88. The van der Waals surface area contributed by atoms with E-state index in [0.717, 1.165) is 12.0 Å². The van der Waals surface area contributed by atoms with E-state index < -0.39 is 11.4 Å². The van der Waals surface area contributed by atoms with Crippen LogP contribution in [0.3, 0.4) is 0 Å². The van der Waals surface area contributed by atoms with E-state index >= 15 is 0 Å². The highest BCUT2D eigenvalue weighted by Crippen LogP contribution is 2.33. The molecule has 1 aromatic carbocycles. The molecule has 5 nitrogen and oxygen atoms in total. The van der Waals surface area contributed by atoms with Crippen LogP contribution in [0.2, 0.25) is 0 Å². The van der Waals surface area contributed by atoms with Gasteiger partial charge < -0.3 is 15.2 Å². The SMILES string of the molecule is CCC(NC(=O)CC1(C(=O)O)CCOC1)c1ccc(C(C)C)cc1. The number of carboxylic acid groups (broad SMARTS) is 1. The van der Waals surface area contributed by atoms with Crippen LogP contribution in [-0.4, -0.2) is 30.2 Å². The van der Waals surface area contributed by atoms with Crippen LogP contribution in [0.4, 0.5) is 0 Å². The van der Waals surface area contributed by atoms with E-state index in [4.69, 9.17) is 4.74 Å². The highest BCUT2D eigenvalue weighted by atomic mass is 16.5. The standard InChI is InChI=1S/C19H27NO4/c1-4-16(15-7-5-14(6-8-15)13(2)3)20-17(21)11-19(18(22)23)9-10-24-12-19/h5-8,13,16H,4,9-12H2,1-3H3,(H,20,21)(H,22,23). The topological polar surface area (TPSA) is 75.6 Å². The van der Waals surface area contributed by atoms with Crippen molar-refractivity contribution in [3.8, 4) is 0 Å². The van der Waals surface area contributed by atoms with Gasteiger partial charge in [0.1, 0.15) is 5.41 Å². The monoisotopic (exact) mass is 333 g/mol. The average Bonchev–Trinajstić information content (AvgIpc) is 3.02. The van der Waals surface area contributed by atoms with Crippen LogP contribution in [0, 0.1) is 5.41 Å². The number of hydrogen-bond donors (Lipinski definition) is 2. The molecule has 2 N–H and O–H groups in total. The maximum absolute atomic E-state index is 12.4. The molecule has 132 valence electrons. The fourth-order valence-electron chi connectivity index (χ4n) is 3.08. The molecule has 0 bridgehead atoms. The predicted molar refractivity (Wildman–Crippen MR) is 91.8 cm³/mol. The fourth-order valence-corrected chi connectivity index (χ4v) is 3.08. The van der Waals surface area contributed by atoms with Crippen LogP contribution in [0.1, 0.15) is 63.1 Å². The van der Waals surface area contributed by atoms with Crippen molar-refractivity contribution in [2.75, 3.05) is 13.2 Å². The summed E-state index contributed by atoms with van der Waals surface area (Å²) in [5.41, 5.74) is 1.22. The van der Waals surface area contributed by atoms with Gasteiger partial charge in [0.05, 0.1) is 12.6 Å². The largest absolute Gasteiger partial charge is 0.481 e. The molecule has 0 saturated carbocycles. The zero-order valence-electron chi connectivity index (χ0n) is 14.7. The average molecular weight is 333 g/mol. The van der Waals surface area contributed by atoms with Crippen LogP contribution < -0.4 is 5.32 Å². The summed E-state index contributed by atoms with van der Waals surface area (Å²) in [7, 11) is 0. The first-order valence-corrected chi connectivity index (χ1v) is 8.58. The van der Waals surface area contributed by atoms with Crippen molar-refractivity contribution in [1.29, 1.82) is 0 Å². The van der Waals surface area contributed by atoms with Gasteiger partial charge in [-0.15, -0.1) is 0 Å². The molecule has 0 spiro atoms. The summed E-state index contributed by atoms with van der Waals surface area (Å²) in [5.74, 6) is -0.723. The first-order chi connectivity index (χ1) is 11.4. The van der Waals surface area contributed by atoms with Gasteiger partial charge in [-0.2, -0.15) is 0 Å². The van der Waals surface area contributed by atoms with Crippen LogP contribution >= 0.6 is 0 Å².